The van der Waals surface area contributed by atoms with Gasteiger partial charge in [0.2, 0.25) is 0 Å². The topological polar surface area (TPSA) is 29.5 Å². The lowest BCUT2D eigenvalue weighted by molar-refractivity contribution is 0.0729. The number of ether oxygens (including phenoxy) is 1. The fourth-order valence-corrected chi connectivity index (χ4v) is 2.90. The molecule has 1 aromatic rings. The second-order valence-corrected chi connectivity index (χ2v) is 6.16. The van der Waals surface area contributed by atoms with Gasteiger partial charge in [-0.25, -0.2) is 0 Å². The average Bonchev–Trinajstić information content (AvgIpc) is 2.44. The van der Waals surface area contributed by atoms with E-state index in [1.54, 1.807) is 0 Å². The number of nitrogens with zero attached hydrogens (tertiary/aromatic N) is 1. The molecule has 4 heteroatoms. The second-order valence-electron chi connectivity index (χ2n) is 4.87. The zero-order chi connectivity index (χ0) is 13.7. The van der Waals surface area contributed by atoms with Crippen LogP contribution in [0.5, 0.6) is 5.75 Å². The number of halogens is 1. The third kappa shape index (κ3) is 3.96. The molecular formula is C15H20BrNO2. The Kier molecular flexibility index (Phi) is 5.25. The molecule has 0 aromatic heterocycles. The first kappa shape index (κ1) is 14.4. The van der Waals surface area contributed by atoms with Crippen LogP contribution in [-0.2, 0) is 0 Å². The highest BCUT2D eigenvalue weighted by molar-refractivity contribution is 9.09. The number of amides is 1. The minimum absolute atomic E-state index is 0.103. The normalized spacial score (nSPS) is 19.3. The molecule has 2 rings (SSSR count). The van der Waals surface area contributed by atoms with Crippen LogP contribution in [0.1, 0.15) is 36.5 Å². The monoisotopic (exact) mass is 325 g/mol. The van der Waals surface area contributed by atoms with Crippen LogP contribution in [0.15, 0.2) is 24.3 Å². The maximum atomic E-state index is 12.4. The minimum atomic E-state index is 0.103. The summed E-state index contributed by atoms with van der Waals surface area (Å²) in [5, 5.41) is 0. The van der Waals surface area contributed by atoms with Gasteiger partial charge in [-0.1, -0.05) is 28.9 Å². The molecule has 1 aliphatic heterocycles. The van der Waals surface area contributed by atoms with E-state index in [0.29, 0.717) is 11.4 Å². The number of benzene rings is 1. The van der Waals surface area contributed by atoms with E-state index in [2.05, 4.69) is 22.9 Å². The number of carbonyl (C=O) groups is 1. The van der Waals surface area contributed by atoms with Gasteiger partial charge in [0.05, 0.1) is 6.61 Å². The van der Waals surface area contributed by atoms with Gasteiger partial charge < -0.3 is 9.64 Å². The van der Waals surface area contributed by atoms with Crippen molar-refractivity contribution >= 4 is 21.8 Å². The van der Waals surface area contributed by atoms with E-state index < -0.39 is 0 Å². The van der Waals surface area contributed by atoms with Crippen molar-refractivity contribution in [3.63, 3.8) is 0 Å². The molecule has 1 heterocycles. The summed E-state index contributed by atoms with van der Waals surface area (Å²) < 4.78 is 5.57. The Morgan fingerprint density at radius 2 is 2.37 bits per heavy atom. The Hall–Kier alpha value is -1.03. The summed E-state index contributed by atoms with van der Waals surface area (Å²) in [5.74, 6) is 0.881. The molecule has 1 amide bonds. The molecule has 0 bridgehead atoms. The van der Waals surface area contributed by atoms with Gasteiger partial charge >= 0.3 is 0 Å². The second kappa shape index (κ2) is 6.94. The van der Waals surface area contributed by atoms with E-state index in [1.807, 2.05) is 29.2 Å². The van der Waals surface area contributed by atoms with Crippen molar-refractivity contribution in [2.75, 3.05) is 19.7 Å². The van der Waals surface area contributed by atoms with E-state index >= 15 is 0 Å². The Balaban J connectivity index is 2.05. The fraction of sp³-hybridized carbons (Fsp3) is 0.533. The highest BCUT2D eigenvalue weighted by Gasteiger charge is 2.22. The largest absolute Gasteiger partial charge is 0.494 e. The van der Waals surface area contributed by atoms with Crippen LogP contribution in [0.2, 0.25) is 0 Å². The van der Waals surface area contributed by atoms with Gasteiger partial charge in [0.25, 0.3) is 5.91 Å². The van der Waals surface area contributed by atoms with Gasteiger partial charge in [-0.2, -0.15) is 0 Å². The molecule has 19 heavy (non-hydrogen) atoms. The Morgan fingerprint density at radius 1 is 1.53 bits per heavy atom. The van der Waals surface area contributed by atoms with Gasteiger partial charge in [-0.3, -0.25) is 4.79 Å². The third-order valence-electron chi connectivity index (χ3n) is 3.20. The standard InChI is InChI=1S/C15H20BrNO2/c1-2-9-19-14-7-3-5-12(10-14)15(18)17-8-4-6-13(16)11-17/h3,5,7,10,13H,2,4,6,8-9,11H2,1H3. The molecule has 0 aliphatic carbocycles. The van der Waals surface area contributed by atoms with Crippen molar-refractivity contribution in [2.24, 2.45) is 0 Å². The van der Waals surface area contributed by atoms with E-state index in [9.17, 15) is 4.79 Å². The van der Waals surface area contributed by atoms with Crippen LogP contribution in [0.4, 0.5) is 0 Å². The van der Waals surface area contributed by atoms with Gasteiger partial charge in [-0.05, 0) is 37.5 Å². The number of rotatable bonds is 4. The molecule has 1 atom stereocenters. The number of hydrogen-bond acceptors (Lipinski definition) is 2. The van der Waals surface area contributed by atoms with Crippen LogP contribution >= 0.6 is 15.9 Å². The van der Waals surface area contributed by atoms with Crippen molar-refractivity contribution in [3.8, 4) is 5.75 Å². The summed E-state index contributed by atoms with van der Waals surface area (Å²) >= 11 is 3.60. The highest BCUT2D eigenvalue weighted by atomic mass is 79.9. The van der Waals surface area contributed by atoms with E-state index in [0.717, 1.165) is 43.7 Å². The Bertz CT molecular complexity index is 436. The molecule has 1 unspecified atom stereocenters. The molecule has 0 N–H and O–H groups in total. The quantitative estimate of drug-likeness (QED) is 0.793. The van der Waals surface area contributed by atoms with Crippen LogP contribution in [0.3, 0.4) is 0 Å². The summed E-state index contributed by atoms with van der Waals surface area (Å²) in [7, 11) is 0. The smallest absolute Gasteiger partial charge is 0.254 e. The summed E-state index contributed by atoms with van der Waals surface area (Å²) in [6, 6.07) is 7.48. The first-order valence-corrected chi connectivity index (χ1v) is 7.78. The van der Waals surface area contributed by atoms with E-state index in [4.69, 9.17) is 4.74 Å². The summed E-state index contributed by atoms with van der Waals surface area (Å²) in [5.41, 5.74) is 0.718. The van der Waals surface area contributed by atoms with Crippen LogP contribution in [0.25, 0.3) is 0 Å². The van der Waals surface area contributed by atoms with Crippen molar-refractivity contribution in [2.45, 2.75) is 31.0 Å². The van der Waals surface area contributed by atoms with Crippen LogP contribution in [0, 0.1) is 0 Å². The van der Waals surface area contributed by atoms with Crippen LogP contribution in [-0.4, -0.2) is 35.3 Å². The molecule has 1 fully saturated rings. The molecule has 1 aromatic carbocycles. The lowest BCUT2D eigenvalue weighted by Gasteiger charge is -2.30. The Labute approximate surface area is 123 Å². The molecule has 3 nitrogen and oxygen atoms in total. The number of hydrogen-bond donors (Lipinski definition) is 0. The number of carbonyl (C=O) groups excluding carboxylic acids is 1. The fourth-order valence-electron chi connectivity index (χ4n) is 2.23. The molecular weight excluding hydrogens is 306 g/mol. The highest BCUT2D eigenvalue weighted by Crippen LogP contribution is 2.20. The molecule has 1 saturated heterocycles. The van der Waals surface area contributed by atoms with Crippen LogP contribution < -0.4 is 4.74 Å². The molecule has 0 spiro atoms. The molecule has 1 aliphatic rings. The predicted octanol–water partition coefficient (Wildman–Crippen LogP) is 3.47. The summed E-state index contributed by atoms with van der Waals surface area (Å²) in [6.45, 7) is 4.39. The van der Waals surface area contributed by atoms with Gasteiger partial charge in [-0.15, -0.1) is 0 Å². The third-order valence-corrected chi connectivity index (χ3v) is 3.95. The van der Waals surface area contributed by atoms with Crippen molar-refractivity contribution in [3.05, 3.63) is 29.8 Å². The number of alkyl halides is 1. The van der Waals surface area contributed by atoms with Gasteiger partial charge in [0, 0.05) is 23.5 Å². The van der Waals surface area contributed by atoms with Gasteiger partial charge in [0.15, 0.2) is 0 Å². The van der Waals surface area contributed by atoms with Crippen molar-refractivity contribution in [1.29, 1.82) is 0 Å². The zero-order valence-electron chi connectivity index (χ0n) is 11.3. The predicted molar refractivity (Wildman–Crippen MR) is 80.1 cm³/mol. The minimum Gasteiger partial charge on any atom is -0.494 e. The lowest BCUT2D eigenvalue weighted by Crippen LogP contribution is -2.40. The number of likely N-dealkylation sites (tertiary alicyclic amines) is 1. The first-order chi connectivity index (χ1) is 9.20. The Morgan fingerprint density at radius 3 is 3.11 bits per heavy atom. The zero-order valence-corrected chi connectivity index (χ0v) is 12.9. The van der Waals surface area contributed by atoms with Crippen molar-refractivity contribution < 1.29 is 9.53 Å². The molecule has 0 radical (unpaired) electrons. The average molecular weight is 326 g/mol. The maximum absolute atomic E-state index is 12.4. The molecule has 0 saturated carbocycles. The van der Waals surface area contributed by atoms with Gasteiger partial charge in [0.1, 0.15) is 5.75 Å². The maximum Gasteiger partial charge on any atom is 0.254 e. The van der Waals surface area contributed by atoms with E-state index in [-0.39, 0.29) is 5.91 Å². The molecule has 104 valence electrons. The summed E-state index contributed by atoms with van der Waals surface area (Å²) in [6.07, 6.45) is 3.17. The SMILES string of the molecule is CCCOc1cccc(C(=O)N2CCCC(Br)C2)c1. The van der Waals surface area contributed by atoms with E-state index in [1.165, 1.54) is 0 Å². The lowest BCUT2D eigenvalue weighted by atomic mass is 10.1. The first-order valence-electron chi connectivity index (χ1n) is 6.87. The number of piperidine rings is 1. The summed E-state index contributed by atoms with van der Waals surface area (Å²) in [4.78, 5) is 14.8. The van der Waals surface area contributed by atoms with Crippen molar-refractivity contribution in [1.82, 2.24) is 4.90 Å².